The van der Waals surface area contributed by atoms with E-state index in [0.29, 0.717) is 0 Å². The maximum absolute atomic E-state index is 11.7. The van der Waals surface area contributed by atoms with Gasteiger partial charge in [0.1, 0.15) is 6.10 Å². The Morgan fingerprint density at radius 3 is 2.41 bits per heavy atom. The largest absolute Gasteiger partial charge is 0.394 e. The number of hydrogen-bond acceptors (Lipinski definition) is 5. The van der Waals surface area contributed by atoms with Crippen molar-refractivity contribution in [3.8, 4) is 0 Å². The fourth-order valence-corrected chi connectivity index (χ4v) is 2.16. The van der Waals surface area contributed by atoms with Gasteiger partial charge in [-0.2, -0.15) is 0 Å². The molecule has 0 amide bonds. The Morgan fingerprint density at radius 1 is 1.29 bits per heavy atom. The van der Waals surface area contributed by atoms with Crippen molar-refractivity contribution in [2.45, 2.75) is 17.9 Å². The van der Waals surface area contributed by atoms with Gasteiger partial charge < -0.3 is 14.9 Å². The predicted molar refractivity (Wildman–Crippen MR) is 62.3 cm³/mol. The Hall–Kier alpha value is -0.950. The highest BCUT2D eigenvalue weighted by atomic mass is 32.2. The quantitative estimate of drug-likeness (QED) is 0.757. The van der Waals surface area contributed by atoms with Crippen molar-refractivity contribution in [2.24, 2.45) is 0 Å². The van der Waals surface area contributed by atoms with Gasteiger partial charge in [0.15, 0.2) is 5.94 Å². The molecule has 0 saturated carbocycles. The first-order chi connectivity index (χ1) is 7.95. The van der Waals surface area contributed by atoms with Crippen LogP contribution >= 0.6 is 0 Å². The van der Waals surface area contributed by atoms with E-state index in [9.17, 15) is 8.42 Å². The maximum atomic E-state index is 11.7. The van der Waals surface area contributed by atoms with Gasteiger partial charge in [0, 0.05) is 0 Å². The number of benzene rings is 1. The van der Waals surface area contributed by atoms with Crippen LogP contribution in [-0.2, 0) is 14.6 Å². The van der Waals surface area contributed by atoms with Crippen LogP contribution in [0.1, 0.15) is 5.56 Å². The van der Waals surface area contributed by atoms with Crippen LogP contribution in [0.4, 0.5) is 0 Å². The molecule has 0 radical (unpaired) electrons. The molecule has 0 aliphatic rings. The summed E-state index contributed by atoms with van der Waals surface area (Å²) in [6.07, 6.45) is -1.05. The van der Waals surface area contributed by atoms with Crippen LogP contribution in [0.2, 0.25) is 0 Å². The molecule has 2 N–H and O–H groups in total. The molecule has 1 unspecified atom stereocenters. The highest BCUT2D eigenvalue weighted by molar-refractivity contribution is 7.91. The van der Waals surface area contributed by atoms with Crippen molar-refractivity contribution in [3.05, 3.63) is 29.8 Å². The normalized spacial score (nSPS) is 13.6. The average molecular weight is 260 g/mol. The van der Waals surface area contributed by atoms with Gasteiger partial charge in [-0.15, -0.1) is 0 Å². The van der Waals surface area contributed by atoms with Crippen molar-refractivity contribution in [1.29, 1.82) is 0 Å². The zero-order chi connectivity index (χ0) is 12.9. The molecule has 96 valence electrons. The summed E-state index contributed by atoms with van der Waals surface area (Å²) in [7, 11) is -3.50. The zero-order valence-corrected chi connectivity index (χ0v) is 10.4. The minimum absolute atomic E-state index is 0.182. The lowest BCUT2D eigenvalue weighted by molar-refractivity contribution is 0.0196. The number of ether oxygens (including phenoxy) is 1. The molecule has 0 saturated heterocycles. The third kappa shape index (κ3) is 4.43. The van der Waals surface area contributed by atoms with Crippen LogP contribution in [0.15, 0.2) is 29.2 Å². The lowest BCUT2D eigenvalue weighted by atomic mass is 10.2. The third-order valence-corrected chi connectivity index (χ3v) is 3.61. The summed E-state index contributed by atoms with van der Waals surface area (Å²) in [4.78, 5) is 0.182. The van der Waals surface area contributed by atoms with Crippen LogP contribution in [0.5, 0.6) is 0 Å². The topological polar surface area (TPSA) is 83.8 Å². The summed E-state index contributed by atoms with van der Waals surface area (Å²) < 4.78 is 28.3. The van der Waals surface area contributed by atoms with Gasteiger partial charge in [-0.25, -0.2) is 8.42 Å². The number of rotatable bonds is 6. The van der Waals surface area contributed by atoms with E-state index in [1.807, 2.05) is 6.92 Å². The summed E-state index contributed by atoms with van der Waals surface area (Å²) in [6, 6.07) is 6.43. The Kier molecular flexibility index (Phi) is 5.07. The van der Waals surface area contributed by atoms with E-state index in [1.165, 1.54) is 12.1 Å². The van der Waals surface area contributed by atoms with Crippen molar-refractivity contribution >= 4 is 9.84 Å². The summed E-state index contributed by atoms with van der Waals surface area (Å²) in [6.45, 7) is 1.21. The van der Waals surface area contributed by atoms with Gasteiger partial charge in [-0.3, -0.25) is 0 Å². The number of aryl methyl sites for hydroxylation is 1. The predicted octanol–water partition coefficient (Wildman–Crippen LogP) is 0.0960. The van der Waals surface area contributed by atoms with Crippen molar-refractivity contribution in [1.82, 2.24) is 0 Å². The van der Waals surface area contributed by atoms with Crippen molar-refractivity contribution < 1.29 is 23.4 Å². The lowest BCUT2D eigenvalue weighted by Gasteiger charge is -2.09. The van der Waals surface area contributed by atoms with E-state index in [2.05, 4.69) is 0 Å². The summed E-state index contributed by atoms with van der Waals surface area (Å²) >= 11 is 0. The molecule has 0 fully saturated rings. The molecule has 1 aromatic rings. The van der Waals surface area contributed by atoms with Gasteiger partial charge in [0.05, 0.1) is 18.1 Å². The molecule has 0 spiro atoms. The summed E-state index contributed by atoms with van der Waals surface area (Å²) in [5.41, 5.74) is 0.973. The van der Waals surface area contributed by atoms with Gasteiger partial charge >= 0.3 is 0 Å². The fourth-order valence-electron chi connectivity index (χ4n) is 1.16. The molecule has 17 heavy (non-hydrogen) atoms. The van der Waals surface area contributed by atoms with Crippen LogP contribution < -0.4 is 0 Å². The van der Waals surface area contributed by atoms with Crippen LogP contribution in [0.3, 0.4) is 0 Å². The van der Waals surface area contributed by atoms with Gasteiger partial charge in [-0.1, -0.05) is 17.7 Å². The molecule has 1 atom stereocenters. The Labute approximate surface area is 101 Å². The first kappa shape index (κ1) is 14.1. The molecule has 0 bridgehead atoms. The highest BCUT2D eigenvalue weighted by Gasteiger charge is 2.15. The highest BCUT2D eigenvalue weighted by Crippen LogP contribution is 2.12. The monoisotopic (exact) mass is 260 g/mol. The molecular formula is C11H16O5S. The molecule has 0 heterocycles. The maximum Gasteiger partial charge on any atom is 0.202 e. The summed E-state index contributed by atoms with van der Waals surface area (Å²) in [5.74, 6) is -0.507. The molecule has 6 heteroatoms. The smallest absolute Gasteiger partial charge is 0.202 e. The van der Waals surface area contributed by atoms with E-state index < -0.39 is 28.5 Å². The number of aliphatic hydroxyl groups excluding tert-OH is 2. The SMILES string of the molecule is Cc1ccc(S(=O)(=O)COCC(O)CO)cc1. The minimum Gasteiger partial charge on any atom is -0.394 e. The number of sulfone groups is 1. The first-order valence-corrected chi connectivity index (χ1v) is 6.77. The van der Waals surface area contributed by atoms with Gasteiger partial charge in [-0.05, 0) is 19.1 Å². The van der Waals surface area contributed by atoms with Crippen LogP contribution in [-0.4, -0.2) is 43.9 Å². The van der Waals surface area contributed by atoms with Gasteiger partial charge in [0.2, 0.25) is 9.84 Å². The van der Waals surface area contributed by atoms with Crippen molar-refractivity contribution in [2.75, 3.05) is 19.2 Å². The second kappa shape index (κ2) is 6.11. The minimum atomic E-state index is -3.50. The van der Waals surface area contributed by atoms with E-state index in [1.54, 1.807) is 12.1 Å². The van der Waals surface area contributed by atoms with E-state index in [0.717, 1.165) is 5.56 Å². The fraction of sp³-hybridized carbons (Fsp3) is 0.455. The molecular weight excluding hydrogens is 244 g/mol. The van der Waals surface area contributed by atoms with E-state index in [4.69, 9.17) is 14.9 Å². The van der Waals surface area contributed by atoms with E-state index >= 15 is 0 Å². The molecule has 0 aliphatic heterocycles. The zero-order valence-electron chi connectivity index (χ0n) is 9.54. The first-order valence-electron chi connectivity index (χ1n) is 5.12. The Bertz CT molecular complexity index is 437. The second-order valence-corrected chi connectivity index (χ2v) is 5.69. The van der Waals surface area contributed by atoms with Crippen LogP contribution in [0, 0.1) is 6.92 Å². The standard InChI is InChI=1S/C11H16O5S/c1-9-2-4-11(5-3-9)17(14,15)8-16-7-10(13)6-12/h2-5,10,12-13H,6-8H2,1H3. The molecule has 5 nitrogen and oxygen atoms in total. The molecule has 0 aromatic heterocycles. The van der Waals surface area contributed by atoms with Gasteiger partial charge in [0.25, 0.3) is 0 Å². The van der Waals surface area contributed by atoms with Crippen LogP contribution in [0.25, 0.3) is 0 Å². The Morgan fingerprint density at radius 2 is 1.88 bits per heavy atom. The number of hydrogen-bond donors (Lipinski definition) is 2. The second-order valence-electron chi connectivity index (χ2n) is 3.75. The Balaban J connectivity index is 2.60. The average Bonchev–Trinajstić information content (AvgIpc) is 2.29. The van der Waals surface area contributed by atoms with Crippen molar-refractivity contribution in [3.63, 3.8) is 0 Å². The van der Waals surface area contributed by atoms with E-state index in [-0.39, 0.29) is 11.5 Å². The summed E-state index contributed by atoms with van der Waals surface area (Å²) in [5, 5.41) is 17.5. The molecule has 1 aromatic carbocycles. The molecule has 0 aliphatic carbocycles. The number of aliphatic hydroxyl groups is 2. The lowest BCUT2D eigenvalue weighted by Crippen LogP contribution is -2.22. The molecule has 1 rings (SSSR count). The third-order valence-electron chi connectivity index (χ3n) is 2.14.